The molecule has 2 unspecified atom stereocenters. The summed E-state index contributed by atoms with van der Waals surface area (Å²) >= 11 is 0. The van der Waals surface area contributed by atoms with Crippen molar-refractivity contribution in [3.05, 3.63) is 29.8 Å². The van der Waals surface area contributed by atoms with Crippen LogP contribution in [0.3, 0.4) is 0 Å². The second-order valence-corrected chi connectivity index (χ2v) is 7.59. The first-order valence-corrected chi connectivity index (χ1v) is 8.70. The van der Waals surface area contributed by atoms with Gasteiger partial charge in [-0.05, 0) is 36.9 Å². The molecule has 1 aromatic rings. The maximum absolute atomic E-state index is 13.2. The van der Waals surface area contributed by atoms with Gasteiger partial charge in [0, 0.05) is 36.8 Å². The number of aliphatic hydroxyl groups is 1. The lowest BCUT2D eigenvalue weighted by atomic mass is 9.65. The smallest absolute Gasteiger partial charge is 0.141 e. The highest BCUT2D eigenvalue weighted by Crippen LogP contribution is 2.52. The van der Waals surface area contributed by atoms with Crippen LogP contribution in [0.15, 0.2) is 18.5 Å². The quantitative estimate of drug-likeness (QED) is 0.873. The molecule has 0 radical (unpaired) electrons. The summed E-state index contributed by atoms with van der Waals surface area (Å²) in [4.78, 5) is 6.40. The minimum Gasteiger partial charge on any atom is -0.391 e. The van der Waals surface area contributed by atoms with Crippen molar-refractivity contribution in [2.24, 2.45) is 11.3 Å². The summed E-state index contributed by atoms with van der Waals surface area (Å²) < 4.78 is 13.2. The molecule has 1 aliphatic heterocycles. The lowest BCUT2D eigenvalue weighted by Gasteiger charge is -2.58. The molecule has 128 valence electrons. The molecule has 0 aromatic carbocycles. The zero-order valence-electron chi connectivity index (χ0n) is 14.3. The van der Waals surface area contributed by atoms with E-state index in [0.29, 0.717) is 18.5 Å². The Bertz CT molecular complexity index is 553. The predicted octanol–water partition coefficient (Wildman–Crippen LogP) is 2.18. The number of nitrogens with one attached hydrogen (secondary N) is 1. The molecule has 4 nitrogen and oxygen atoms in total. The van der Waals surface area contributed by atoms with E-state index >= 15 is 0 Å². The zero-order chi connectivity index (χ0) is 16.6. The van der Waals surface area contributed by atoms with Gasteiger partial charge in [-0.1, -0.05) is 20.8 Å². The Morgan fingerprint density at radius 2 is 2.22 bits per heavy atom. The number of likely N-dealkylation sites (tertiary alicyclic amines) is 1. The van der Waals surface area contributed by atoms with Crippen LogP contribution in [-0.2, 0) is 6.54 Å². The van der Waals surface area contributed by atoms with Crippen LogP contribution in [0.1, 0.15) is 39.2 Å². The van der Waals surface area contributed by atoms with Gasteiger partial charge in [-0.3, -0.25) is 9.88 Å². The average molecular weight is 321 g/mol. The molecule has 1 spiro atoms. The van der Waals surface area contributed by atoms with Gasteiger partial charge in [-0.25, -0.2) is 4.39 Å². The SMILES string of the molecule is CCN1CC2(C[C@@H](O)[C@H](NCc3cncc(F)c3)C2)C1C(C)C. The van der Waals surface area contributed by atoms with Crippen LogP contribution in [0.25, 0.3) is 0 Å². The molecule has 2 heterocycles. The van der Waals surface area contributed by atoms with Crippen LogP contribution >= 0.6 is 0 Å². The molecule has 1 saturated carbocycles. The van der Waals surface area contributed by atoms with Crippen LogP contribution in [-0.4, -0.2) is 46.3 Å². The third-order valence-corrected chi connectivity index (χ3v) is 5.61. The first kappa shape index (κ1) is 16.8. The third kappa shape index (κ3) is 3.14. The van der Waals surface area contributed by atoms with E-state index < -0.39 is 0 Å². The largest absolute Gasteiger partial charge is 0.391 e. The fourth-order valence-corrected chi connectivity index (χ4v) is 4.90. The van der Waals surface area contributed by atoms with Crippen molar-refractivity contribution in [1.29, 1.82) is 0 Å². The molecule has 2 N–H and O–H groups in total. The van der Waals surface area contributed by atoms with E-state index in [2.05, 4.69) is 36.0 Å². The van der Waals surface area contributed by atoms with E-state index in [4.69, 9.17) is 0 Å². The van der Waals surface area contributed by atoms with Gasteiger partial charge in [-0.2, -0.15) is 0 Å². The molecule has 2 aliphatic rings. The fraction of sp³-hybridized carbons (Fsp3) is 0.722. The molecule has 3 rings (SSSR count). The monoisotopic (exact) mass is 321 g/mol. The first-order chi connectivity index (χ1) is 10.9. The third-order valence-electron chi connectivity index (χ3n) is 5.61. The van der Waals surface area contributed by atoms with Gasteiger partial charge in [0.05, 0.1) is 12.3 Å². The summed E-state index contributed by atoms with van der Waals surface area (Å²) in [7, 11) is 0. The van der Waals surface area contributed by atoms with Crippen LogP contribution < -0.4 is 5.32 Å². The second kappa shape index (κ2) is 6.46. The highest BCUT2D eigenvalue weighted by atomic mass is 19.1. The van der Waals surface area contributed by atoms with Gasteiger partial charge < -0.3 is 10.4 Å². The molecule has 1 aromatic heterocycles. The number of hydrogen-bond donors (Lipinski definition) is 2. The summed E-state index contributed by atoms with van der Waals surface area (Å²) in [6, 6.07) is 2.14. The van der Waals surface area contributed by atoms with Crippen molar-refractivity contribution in [3.8, 4) is 0 Å². The summed E-state index contributed by atoms with van der Waals surface area (Å²) in [5.74, 6) is 0.285. The lowest BCUT2D eigenvalue weighted by molar-refractivity contribution is -0.0964. The molecule has 23 heavy (non-hydrogen) atoms. The molecule has 1 saturated heterocycles. The molecular weight excluding hydrogens is 293 g/mol. The van der Waals surface area contributed by atoms with Crippen molar-refractivity contribution in [3.63, 3.8) is 0 Å². The topological polar surface area (TPSA) is 48.4 Å². The van der Waals surface area contributed by atoms with Crippen molar-refractivity contribution in [1.82, 2.24) is 15.2 Å². The zero-order valence-corrected chi connectivity index (χ0v) is 14.3. The Morgan fingerprint density at radius 1 is 1.43 bits per heavy atom. The molecule has 4 atom stereocenters. The van der Waals surface area contributed by atoms with Gasteiger partial charge in [-0.15, -0.1) is 0 Å². The van der Waals surface area contributed by atoms with Crippen molar-refractivity contribution < 1.29 is 9.50 Å². The van der Waals surface area contributed by atoms with E-state index in [0.717, 1.165) is 31.5 Å². The molecule has 2 fully saturated rings. The Labute approximate surface area is 138 Å². The van der Waals surface area contributed by atoms with Crippen LogP contribution in [0.5, 0.6) is 0 Å². The normalized spacial score (nSPS) is 34.3. The van der Waals surface area contributed by atoms with Gasteiger partial charge in [0.15, 0.2) is 0 Å². The highest BCUT2D eigenvalue weighted by molar-refractivity contribution is 5.14. The standard InChI is InChI=1S/C18H28FN3O/c1-4-22-11-18(17(22)12(2)3)6-15(16(23)7-18)21-9-13-5-14(19)10-20-8-13/h5,8,10,12,15-17,21,23H,4,6-7,9,11H2,1-3H3/t15-,16-,17?,18?/m1/s1. The molecule has 0 bridgehead atoms. The van der Waals surface area contributed by atoms with Crippen molar-refractivity contribution in [2.75, 3.05) is 13.1 Å². The summed E-state index contributed by atoms with van der Waals surface area (Å²) in [5, 5.41) is 13.9. The van der Waals surface area contributed by atoms with E-state index in [1.54, 1.807) is 6.20 Å². The Morgan fingerprint density at radius 3 is 2.87 bits per heavy atom. The van der Waals surface area contributed by atoms with E-state index in [9.17, 15) is 9.50 Å². The van der Waals surface area contributed by atoms with E-state index in [1.165, 1.54) is 12.3 Å². The predicted molar refractivity (Wildman–Crippen MR) is 88.4 cm³/mol. The second-order valence-electron chi connectivity index (χ2n) is 7.59. The summed E-state index contributed by atoms with van der Waals surface area (Å²) in [6.45, 7) is 9.48. The molecule has 1 aliphatic carbocycles. The molecular formula is C18H28FN3O. The van der Waals surface area contributed by atoms with E-state index in [1.807, 2.05) is 0 Å². The van der Waals surface area contributed by atoms with Crippen molar-refractivity contribution >= 4 is 0 Å². The van der Waals surface area contributed by atoms with Gasteiger partial charge in [0.2, 0.25) is 0 Å². The first-order valence-electron chi connectivity index (χ1n) is 8.70. The number of hydrogen-bond acceptors (Lipinski definition) is 4. The van der Waals surface area contributed by atoms with Crippen LogP contribution in [0, 0.1) is 17.2 Å². The van der Waals surface area contributed by atoms with Gasteiger partial charge >= 0.3 is 0 Å². The number of rotatable bonds is 5. The molecule has 5 heteroatoms. The summed E-state index contributed by atoms with van der Waals surface area (Å²) in [6.07, 6.45) is 4.43. The van der Waals surface area contributed by atoms with E-state index in [-0.39, 0.29) is 23.4 Å². The Balaban J connectivity index is 1.63. The maximum atomic E-state index is 13.2. The number of nitrogens with zero attached hydrogens (tertiary/aromatic N) is 2. The number of aromatic nitrogens is 1. The highest BCUT2D eigenvalue weighted by Gasteiger charge is 2.58. The Kier molecular flexibility index (Phi) is 4.72. The number of pyridine rings is 1. The van der Waals surface area contributed by atoms with Gasteiger partial charge in [0.25, 0.3) is 0 Å². The maximum Gasteiger partial charge on any atom is 0.141 e. The van der Waals surface area contributed by atoms with Crippen LogP contribution in [0.4, 0.5) is 4.39 Å². The Hall–Kier alpha value is -1.04. The van der Waals surface area contributed by atoms with Gasteiger partial charge in [0.1, 0.15) is 5.82 Å². The minimum absolute atomic E-state index is 0.0820. The number of aliphatic hydroxyl groups excluding tert-OH is 1. The molecule has 0 amide bonds. The summed E-state index contributed by atoms with van der Waals surface area (Å²) in [5.41, 5.74) is 1.06. The average Bonchev–Trinajstić information content (AvgIpc) is 2.81. The lowest BCUT2D eigenvalue weighted by Crippen LogP contribution is -2.65. The number of halogens is 1. The van der Waals surface area contributed by atoms with Crippen LogP contribution in [0.2, 0.25) is 0 Å². The minimum atomic E-state index is -0.322. The van der Waals surface area contributed by atoms with Crippen molar-refractivity contribution in [2.45, 2.75) is 58.3 Å². The fourth-order valence-electron chi connectivity index (χ4n) is 4.90.